The normalized spacial score (nSPS) is 14.1. The number of hydrogen-bond donors (Lipinski definition) is 1. The second-order valence-corrected chi connectivity index (χ2v) is 7.77. The lowest BCUT2D eigenvalue weighted by Gasteiger charge is -2.35. The highest BCUT2D eigenvalue weighted by Gasteiger charge is 2.22. The van der Waals surface area contributed by atoms with Gasteiger partial charge in [0.25, 0.3) is 11.8 Å². The molecular formula is C25H27N3O5. The van der Waals surface area contributed by atoms with Crippen molar-refractivity contribution in [2.75, 3.05) is 45.7 Å². The van der Waals surface area contributed by atoms with Crippen molar-refractivity contribution in [2.24, 2.45) is 0 Å². The molecule has 33 heavy (non-hydrogen) atoms. The van der Waals surface area contributed by atoms with E-state index in [1.54, 1.807) is 50.6 Å². The van der Waals surface area contributed by atoms with Crippen molar-refractivity contribution >= 4 is 17.5 Å². The number of carbonyl (C=O) groups is 2. The summed E-state index contributed by atoms with van der Waals surface area (Å²) in [5.74, 6) is 1.33. The average molecular weight is 450 g/mol. The summed E-state index contributed by atoms with van der Waals surface area (Å²) in [5.41, 5.74) is 2.34. The van der Waals surface area contributed by atoms with E-state index in [9.17, 15) is 9.59 Å². The number of nitrogens with zero attached hydrogens (tertiary/aromatic N) is 2. The zero-order chi connectivity index (χ0) is 23.2. The molecule has 1 aromatic heterocycles. The van der Waals surface area contributed by atoms with E-state index in [0.717, 1.165) is 25.2 Å². The number of methoxy groups -OCH3 is 2. The fraction of sp³-hybridized carbons (Fsp3) is 0.280. The predicted octanol–water partition coefficient (Wildman–Crippen LogP) is 3.51. The Morgan fingerprint density at radius 2 is 1.67 bits per heavy atom. The number of piperazine rings is 1. The Morgan fingerprint density at radius 3 is 2.30 bits per heavy atom. The predicted molar refractivity (Wildman–Crippen MR) is 124 cm³/mol. The Bertz CT molecular complexity index is 1090. The maximum absolute atomic E-state index is 12.9. The molecular weight excluding hydrogens is 422 g/mol. The molecule has 0 atom stereocenters. The van der Waals surface area contributed by atoms with E-state index >= 15 is 0 Å². The van der Waals surface area contributed by atoms with Gasteiger partial charge >= 0.3 is 0 Å². The van der Waals surface area contributed by atoms with Gasteiger partial charge in [-0.05, 0) is 54.1 Å². The lowest BCUT2D eigenvalue weighted by atomic mass is 10.1. The molecule has 8 nitrogen and oxygen atoms in total. The van der Waals surface area contributed by atoms with E-state index in [2.05, 4.69) is 10.2 Å². The summed E-state index contributed by atoms with van der Waals surface area (Å²) in [6, 6.07) is 16.1. The third-order valence-electron chi connectivity index (χ3n) is 5.65. The Balaban J connectivity index is 1.29. The molecule has 2 amide bonds. The minimum atomic E-state index is -0.329. The van der Waals surface area contributed by atoms with Crippen molar-refractivity contribution in [1.29, 1.82) is 0 Å². The number of rotatable bonds is 7. The van der Waals surface area contributed by atoms with Gasteiger partial charge in [0.15, 0.2) is 17.3 Å². The third-order valence-corrected chi connectivity index (χ3v) is 5.65. The van der Waals surface area contributed by atoms with E-state index in [4.69, 9.17) is 13.9 Å². The number of carbonyl (C=O) groups excluding carboxylic acids is 2. The lowest BCUT2D eigenvalue weighted by Crippen LogP contribution is -2.48. The minimum Gasteiger partial charge on any atom is -0.493 e. The van der Waals surface area contributed by atoms with Crippen LogP contribution in [0.3, 0.4) is 0 Å². The largest absolute Gasteiger partial charge is 0.493 e. The van der Waals surface area contributed by atoms with Gasteiger partial charge in [0.1, 0.15) is 0 Å². The van der Waals surface area contributed by atoms with E-state index in [-0.39, 0.29) is 17.6 Å². The highest BCUT2D eigenvalue weighted by Crippen LogP contribution is 2.28. The Kier molecular flexibility index (Phi) is 6.95. The van der Waals surface area contributed by atoms with Crippen LogP contribution < -0.4 is 14.8 Å². The van der Waals surface area contributed by atoms with Crippen molar-refractivity contribution in [3.63, 3.8) is 0 Å². The standard InChI is InChI=1S/C25H27N3O5/c1-31-21-10-5-18(16-23(21)32-2)17-27-11-13-28(14-12-27)25(30)19-6-8-20(9-7-19)26-24(29)22-4-3-15-33-22/h3-10,15-16H,11-14,17H2,1-2H3,(H,26,29). The van der Waals surface area contributed by atoms with E-state index in [1.165, 1.54) is 6.26 Å². The Hall–Kier alpha value is -3.78. The maximum atomic E-state index is 12.9. The molecule has 1 aliphatic heterocycles. The van der Waals surface area contributed by atoms with Gasteiger partial charge in [0.05, 0.1) is 20.5 Å². The highest BCUT2D eigenvalue weighted by molar-refractivity contribution is 6.02. The molecule has 0 bridgehead atoms. The molecule has 0 spiro atoms. The molecule has 1 aliphatic rings. The average Bonchev–Trinajstić information content (AvgIpc) is 3.40. The SMILES string of the molecule is COc1ccc(CN2CCN(C(=O)c3ccc(NC(=O)c4ccco4)cc3)CC2)cc1OC. The van der Waals surface area contributed by atoms with Crippen molar-refractivity contribution in [3.8, 4) is 11.5 Å². The summed E-state index contributed by atoms with van der Waals surface area (Å²) in [5, 5.41) is 2.75. The molecule has 3 aromatic rings. The summed E-state index contributed by atoms with van der Waals surface area (Å²) in [6.45, 7) is 3.67. The number of anilines is 1. The van der Waals surface area contributed by atoms with Crippen molar-refractivity contribution in [2.45, 2.75) is 6.54 Å². The number of nitrogens with one attached hydrogen (secondary N) is 1. The highest BCUT2D eigenvalue weighted by atomic mass is 16.5. The van der Waals surface area contributed by atoms with Crippen molar-refractivity contribution < 1.29 is 23.5 Å². The molecule has 1 fully saturated rings. The van der Waals surface area contributed by atoms with Gasteiger partial charge < -0.3 is 24.1 Å². The first-order valence-corrected chi connectivity index (χ1v) is 10.7. The molecule has 1 N–H and O–H groups in total. The van der Waals surface area contributed by atoms with Crippen LogP contribution in [-0.4, -0.2) is 62.0 Å². The van der Waals surface area contributed by atoms with E-state index in [0.29, 0.717) is 35.8 Å². The summed E-state index contributed by atoms with van der Waals surface area (Å²) in [7, 11) is 3.25. The monoisotopic (exact) mass is 449 g/mol. The van der Waals surface area contributed by atoms with Crippen LogP contribution in [0.25, 0.3) is 0 Å². The summed E-state index contributed by atoms with van der Waals surface area (Å²) >= 11 is 0. The zero-order valence-corrected chi connectivity index (χ0v) is 18.7. The molecule has 0 aliphatic carbocycles. The fourth-order valence-corrected chi connectivity index (χ4v) is 3.83. The molecule has 0 unspecified atom stereocenters. The minimum absolute atomic E-state index is 0.00956. The van der Waals surface area contributed by atoms with Gasteiger partial charge in [0, 0.05) is 44.0 Å². The molecule has 2 heterocycles. The van der Waals surface area contributed by atoms with Crippen LogP contribution in [0.15, 0.2) is 65.3 Å². The zero-order valence-electron chi connectivity index (χ0n) is 18.7. The third kappa shape index (κ3) is 5.35. The van der Waals surface area contributed by atoms with E-state index < -0.39 is 0 Å². The van der Waals surface area contributed by atoms with Crippen LogP contribution in [0.1, 0.15) is 26.5 Å². The second kappa shape index (κ2) is 10.2. The first kappa shape index (κ1) is 22.4. The molecule has 2 aromatic carbocycles. The van der Waals surface area contributed by atoms with E-state index in [1.807, 2.05) is 23.1 Å². The van der Waals surface area contributed by atoms with Gasteiger partial charge in [-0.1, -0.05) is 6.07 Å². The van der Waals surface area contributed by atoms with Gasteiger partial charge in [-0.25, -0.2) is 0 Å². The van der Waals surface area contributed by atoms with Gasteiger partial charge in [-0.2, -0.15) is 0 Å². The molecule has 4 rings (SSSR count). The number of hydrogen-bond acceptors (Lipinski definition) is 6. The molecule has 0 radical (unpaired) electrons. The van der Waals surface area contributed by atoms with Crippen LogP contribution in [-0.2, 0) is 6.54 Å². The van der Waals surface area contributed by atoms with Crippen LogP contribution in [0, 0.1) is 0 Å². The van der Waals surface area contributed by atoms with Gasteiger partial charge in [-0.3, -0.25) is 14.5 Å². The second-order valence-electron chi connectivity index (χ2n) is 7.77. The maximum Gasteiger partial charge on any atom is 0.291 e. The van der Waals surface area contributed by atoms with Crippen LogP contribution >= 0.6 is 0 Å². The summed E-state index contributed by atoms with van der Waals surface area (Å²) in [4.78, 5) is 29.2. The number of benzene rings is 2. The van der Waals surface area contributed by atoms with Crippen LogP contribution in [0.5, 0.6) is 11.5 Å². The first-order valence-electron chi connectivity index (χ1n) is 10.7. The van der Waals surface area contributed by atoms with Crippen molar-refractivity contribution in [1.82, 2.24) is 9.80 Å². The molecule has 0 saturated carbocycles. The number of furan rings is 1. The summed E-state index contributed by atoms with van der Waals surface area (Å²) in [6.07, 6.45) is 1.45. The summed E-state index contributed by atoms with van der Waals surface area (Å²) < 4.78 is 15.8. The quantitative estimate of drug-likeness (QED) is 0.594. The van der Waals surface area contributed by atoms with Crippen LogP contribution in [0.2, 0.25) is 0 Å². The van der Waals surface area contributed by atoms with Gasteiger partial charge in [0.2, 0.25) is 0 Å². The molecule has 172 valence electrons. The van der Waals surface area contributed by atoms with Crippen LogP contribution in [0.4, 0.5) is 5.69 Å². The number of ether oxygens (including phenoxy) is 2. The molecule has 1 saturated heterocycles. The lowest BCUT2D eigenvalue weighted by molar-refractivity contribution is 0.0628. The first-order chi connectivity index (χ1) is 16.1. The van der Waals surface area contributed by atoms with Gasteiger partial charge in [-0.15, -0.1) is 0 Å². The Morgan fingerprint density at radius 1 is 0.939 bits per heavy atom. The van der Waals surface area contributed by atoms with Crippen molar-refractivity contribution in [3.05, 3.63) is 77.7 Å². The smallest absolute Gasteiger partial charge is 0.291 e. The topological polar surface area (TPSA) is 84.3 Å². The Labute approximate surface area is 192 Å². The molecule has 8 heteroatoms. The fourth-order valence-electron chi connectivity index (χ4n) is 3.83. The number of amides is 2.